The summed E-state index contributed by atoms with van der Waals surface area (Å²) in [5.41, 5.74) is 2.90. The number of alkyl halides is 1. The number of carbonyl (C=O) groups is 1. The molecule has 0 radical (unpaired) electrons. The maximum atomic E-state index is 11.7. The Morgan fingerprint density at radius 1 is 1.08 bits per heavy atom. The molecule has 4 heteroatoms. The van der Waals surface area contributed by atoms with E-state index in [9.17, 15) is 4.79 Å². The zero-order valence-electron chi connectivity index (χ0n) is 14.7. The Morgan fingerprint density at radius 3 is 2.29 bits per heavy atom. The maximum Gasteiger partial charge on any atom is 0.237 e. The highest BCUT2D eigenvalue weighted by atomic mass is 35.5. The minimum absolute atomic E-state index is 0.0563. The van der Waals surface area contributed by atoms with E-state index in [1.165, 1.54) is 43.2 Å². The molecule has 0 aromatic heterocycles. The van der Waals surface area contributed by atoms with Crippen molar-refractivity contribution < 1.29 is 4.79 Å². The standard InChI is InChI=1S/C20H29ClN2O/c1-16(22-11-13-23(14-12-22)20(24)15-21)17-7-9-19(10-8-17)18-5-3-2-4-6-18/h7-10,16,18H,2-6,11-15H2,1H3/t16-/m0/s1. The van der Waals surface area contributed by atoms with Crippen molar-refractivity contribution in [1.29, 1.82) is 0 Å². The number of benzene rings is 1. The second kappa shape index (κ2) is 8.35. The first-order chi connectivity index (χ1) is 11.7. The van der Waals surface area contributed by atoms with Crippen molar-refractivity contribution in [3.63, 3.8) is 0 Å². The first kappa shape index (κ1) is 17.8. The van der Waals surface area contributed by atoms with Crippen LogP contribution in [0.25, 0.3) is 0 Å². The van der Waals surface area contributed by atoms with E-state index in [1.54, 1.807) is 0 Å². The normalized spacial score (nSPS) is 21.7. The number of rotatable bonds is 4. The third-order valence-electron chi connectivity index (χ3n) is 5.82. The fourth-order valence-corrected chi connectivity index (χ4v) is 4.31. The van der Waals surface area contributed by atoms with Crippen LogP contribution in [0.5, 0.6) is 0 Å². The lowest BCUT2D eigenvalue weighted by Crippen LogP contribution is -2.49. The Labute approximate surface area is 151 Å². The molecular weight excluding hydrogens is 320 g/mol. The quantitative estimate of drug-likeness (QED) is 0.762. The van der Waals surface area contributed by atoms with Crippen LogP contribution in [0.15, 0.2) is 24.3 Å². The number of hydrogen-bond donors (Lipinski definition) is 0. The second-order valence-electron chi connectivity index (χ2n) is 7.23. The predicted molar refractivity (Wildman–Crippen MR) is 99.6 cm³/mol. The van der Waals surface area contributed by atoms with Gasteiger partial charge in [0.1, 0.15) is 5.88 Å². The third-order valence-corrected chi connectivity index (χ3v) is 6.05. The molecule has 2 aliphatic rings. The lowest BCUT2D eigenvalue weighted by Gasteiger charge is -2.38. The van der Waals surface area contributed by atoms with Gasteiger partial charge in [-0.15, -0.1) is 11.6 Å². The average molecular weight is 349 g/mol. The number of hydrogen-bond acceptors (Lipinski definition) is 2. The van der Waals surface area contributed by atoms with Gasteiger partial charge in [-0.05, 0) is 36.8 Å². The number of carbonyl (C=O) groups excluding carboxylic acids is 1. The van der Waals surface area contributed by atoms with Crippen LogP contribution in [0.2, 0.25) is 0 Å². The minimum Gasteiger partial charge on any atom is -0.339 e. The summed E-state index contributed by atoms with van der Waals surface area (Å²) in [5.74, 6) is 0.923. The minimum atomic E-state index is 0.0563. The Kier molecular flexibility index (Phi) is 6.18. The van der Waals surface area contributed by atoms with Crippen molar-refractivity contribution in [1.82, 2.24) is 9.80 Å². The summed E-state index contributed by atoms with van der Waals surface area (Å²) in [6.07, 6.45) is 6.88. The van der Waals surface area contributed by atoms with Gasteiger partial charge in [-0.25, -0.2) is 0 Å². The molecule has 3 nitrogen and oxygen atoms in total. The highest BCUT2D eigenvalue weighted by Crippen LogP contribution is 2.33. The molecule has 1 aliphatic heterocycles. The fraction of sp³-hybridized carbons (Fsp3) is 0.650. The first-order valence-electron chi connectivity index (χ1n) is 9.36. The number of amides is 1. The highest BCUT2D eigenvalue weighted by Gasteiger charge is 2.24. The summed E-state index contributed by atoms with van der Waals surface area (Å²) in [5, 5.41) is 0. The Bertz CT molecular complexity index is 531. The average Bonchev–Trinajstić information content (AvgIpc) is 2.68. The highest BCUT2D eigenvalue weighted by molar-refractivity contribution is 6.27. The molecule has 1 saturated carbocycles. The van der Waals surface area contributed by atoms with Crippen LogP contribution in [0.4, 0.5) is 0 Å². The molecule has 1 heterocycles. The summed E-state index contributed by atoms with van der Waals surface area (Å²) < 4.78 is 0. The first-order valence-corrected chi connectivity index (χ1v) is 9.90. The summed E-state index contributed by atoms with van der Waals surface area (Å²) in [6, 6.07) is 9.71. The molecule has 0 unspecified atom stereocenters. The Morgan fingerprint density at radius 2 is 1.71 bits per heavy atom. The van der Waals surface area contributed by atoms with Gasteiger partial charge in [0.15, 0.2) is 0 Å². The zero-order valence-corrected chi connectivity index (χ0v) is 15.5. The van der Waals surface area contributed by atoms with Crippen LogP contribution < -0.4 is 0 Å². The van der Waals surface area contributed by atoms with Gasteiger partial charge >= 0.3 is 0 Å². The number of halogens is 1. The van der Waals surface area contributed by atoms with Crippen LogP contribution >= 0.6 is 11.6 Å². The molecule has 1 aromatic carbocycles. The van der Waals surface area contributed by atoms with Crippen molar-refractivity contribution >= 4 is 17.5 Å². The summed E-state index contributed by atoms with van der Waals surface area (Å²) >= 11 is 5.65. The maximum absolute atomic E-state index is 11.7. The molecule has 0 bridgehead atoms. The summed E-state index contributed by atoms with van der Waals surface area (Å²) in [6.45, 7) is 5.70. The molecule has 3 rings (SSSR count). The molecule has 0 N–H and O–H groups in total. The van der Waals surface area contributed by atoms with Crippen molar-refractivity contribution in [2.75, 3.05) is 32.1 Å². The molecule has 0 spiro atoms. The van der Waals surface area contributed by atoms with E-state index in [1.807, 2.05) is 4.90 Å². The smallest absolute Gasteiger partial charge is 0.237 e. The molecule has 1 aromatic rings. The zero-order chi connectivity index (χ0) is 16.9. The van der Waals surface area contributed by atoms with E-state index >= 15 is 0 Å². The second-order valence-corrected chi connectivity index (χ2v) is 7.50. The topological polar surface area (TPSA) is 23.6 Å². The van der Waals surface area contributed by atoms with E-state index in [4.69, 9.17) is 11.6 Å². The summed E-state index contributed by atoms with van der Waals surface area (Å²) in [4.78, 5) is 16.0. The van der Waals surface area contributed by atoms with Crippen LogP contribution in [-0.4, -0.2) is 47.8 Å². The van der Waals surface area contributed by atoms with Crippen LogP contribution in [0.1, 0.15) is 62.1 Å². The lowest BCUT2D eigenvalue weighted by atomic mass is 9.83. The molecular formula is C20H29ClN2O. The monoisotopic (exact) mass is 348 g/mol. The van der Waals surface area contributed by atoms with Gasteiger partial charge in [0.2, 0.25) is 5.91 Å². The molecule has 1 amide bonds. The van der Waals surface area contributed by atoms with Gasteiger partial charge < -0.3 is 4.90 Å². The Hall–Kier alpha value is -1.06. The van der Waals surface area contributed by atoms with E-state index in [-0.39, 0.29) is 11.8 Å². The van der Waals surface area contributed by atoms with Crippen molar-refractivity contribution in [2.45, 2.75) is 51.0 Å². The molecule has 1 atom stereocenters. The third kappa shape index (κ3) is 4.12. The molecule has 1 saturated heterocycles. The number of nitrogens with zero attached hydrogens (tertiary/aromatic N) is 2. The van der Waals surface area contributed by atoms with E-state index in [0.29, 0.717) is 6.04 Å². The SMILES string of the molecule is C[C@@H](c1ccc(C2CCCCC2)cc1)N1CCN(C(=O)CCl)CC1. The van der Waals surface area contributed by atoms with Crippen molar-refractivity contribution in [3.05, 3.63) is 35.4 Å². The van der Waals surface area contributed by atoms with Crippen molar-refractivity contribution in [3.8, 4) is 0 Å². The molecule has 2 fully saturated rings. The fourth-order valence-electron chi connectivity index (χ4n) is 4.14. The van der Waals surface area contributed by atoms with Crippen molar-refractivity contribution in [2.24, 2.45) is 0 Å². The molecule has 24 heavy (non-hydrogen) atoms. The van der Waals surface area contributed by atoms with Crippen LogP contribution in [0, 0.1) is 0 Å². The van der Waals surface area contributed by atoms with Crippen LogP contribution in [0.3, 0.4) is 0 Å². The van der Waals surface area contributed by atoms with E-state index in [2.05, 4.69) is 36.1 Å². The predicted octanol–water partition coefficient (Wildman–Crippen LogP) is 4.18. The lowest BCUT2D eigenvalue weighted by molar-refractivity contribution is -0.130. The van der Waals surface area contributed by atoms with Gasteiger partial charge in [0, 0.05) is 32.2 Å². The van der Waals surface area contributed by atoms with Gasteiger partial charge in [0.25, 0.3) is 0 Å². The van der Waals surface area contributed by atoms with E-state index in [0.717, 1.165) is 32.1 Å². The summed E-state index contributed by atoms with van der Waals surface area (Å²) in [7, 11) is 0. The van der Waals surface area contributed by atoms with Gasteiger partial charge in [-0.3, -0.25) is 9.69 Å². The molecule has 132 valence electrons. The van der Waals surface area contributed by atoms with Gasteiger partial charge in [-0.2, -0.15) is 0 Å². The van der Waals surface area contributed by atoms with E-state index < -0.39 is 0 Å². The Balaban J connectivity index is 1.57. The van der Waals surface area contributed by atoms with Gasteiger partial charge in [0.05, 0.1) is 0 Å². The largest absolute Gasteiger partial charge is 0.339 e. The number of piperazine rings is 1. The molecule has 1 aliphatic carbocycles. The van der Waals surface area contributed by atoms with Gasteiger partial charge in [-0.1, -0.05) is 43.5 Å². The van der Waals surface area contributed by atoms with Crippen LogP contribution in [-0.2, 0) is 4.79 Å².